The lowest BCUT2D eigenvalue weighted by Crippen LogP contribution is -2.30. The van der Waals surface area contributed by atoms with Gasteiger partial charge in [-0.3, -0.25) is 9.10 Å². The Hall–Kier alpha value is -3.16. The SMILES string of the molecule is CC(C)c1ccccc1N(Cc1ccc(C(=O)NCCOCc2ccccc2)cc1)S(C)(=O)=O. The predicted octanol–water partition coefficient (Wildman–Crippen LogP) is 4.72. The Bertz CT molecular complexity index is 1180. The fourth-order valence-electron chi connectivity index (χ4n) is 3.61. The zero-order valence-corrected chi connectivity index (χ0v) is 20.7. The number of nitrogens with zero attached hydrogens (tertiary/aromatic N) is 1. The molecule has 1 N–H and O–H groups in total. The van der Waals surface area contributed by atoms with E-state index in [2.05, 4.69) is 5.32 Å². The molecule has 3 rings (SSSR count). The lowest BCUT2D eigenvalue weighted by molar-refractivity contribution is 0.0901. The third kappa shape index (κ3) is 7.17. The molecular weight excluding hydrogens is 448 g/mol. The summed E-state index contributed by atoms with van der Waals surface area (Å²) in [5, 5.41) is 2.85. The highest BCUT2D eigenvalue weighted by atomic mass is 32.2. The van der Waals surface area contributed by atoms with Crippen LogP contribution in [0.2, 0.25) is 0 Å². The molecule has 7 heteroatoms. The van der Waals surface area contributed by atoms with Crippen LogP contribution in [0, 0.1) is 0 Å². The molecule has 0 aliphatic carbocycles. The van der Waals surface area contributed by atoms with Crippen molar-refractivity contribution in [3.05, 3.63) is 101 Å². The summed E-state index contributed by atoms with van der Waals surface area (Å²) in [6, 6.07) is 24.4. The number of anilines is 1. The number of benzene rings is 3. The first-order valence-electron chi connectivity index (χ1n) is 11.3. The van der Waals surface area contributed by atoms with Crippen LogP contribution in [0.25, 0.3) is 0 Å². The number of ether oxygens (including phenoxy) is 1. The first kappa shape index (κ1) is 25.5. The van der Waals surface area contributed by atoms with E-state index >= 15 is 0 Å². The average molecular weight is 481 g/mol. The molecular formula is C27H32N2O4S. The summed E-state index contributed by atoms with van der Waals surface area (Å²) in [5.41, 5.74) is 4.05. The third-order valence-corrected chi connectivity index (χ3v) is 6.54. The molecule has 0 spiro atoms. The van der Waals surface area contributed by atoms with E-state index in [0.29, 0.717) is 31.0 Å². The van der Waals surface area contributed by atoms with Crippen molar-refractivity contribution < 1.29 is 17.9 Å². The van der Waals surface area contributed by atoms with Gasteiger partial charge in [0.25, 0.3) is 5.91 Å². The standard InChI is InChI=1S/C27H32N2O4S/c1-21(2)25-11-7-8-12-26(25)29(34(3,31)32)19-22-13-15-24(16-14-22)27(30)28-17-18-33-20-23-9-5-4-6-10-23/h4-16,21H,17-20H2,1-3H3,(H,28,30). The first-order chi connectivity index (χ1) is 16.3. The molecule has 0 atom stereocenters. The smallest absolute Gasteiger partial charge is 0.251 e. The largest absolute Gasteiger partial charge is 0.375 e. The normalized spacial score (nSPS) is 11.4. The lowest BCUT2D eigenvalue weighted by atomic mass is 10.0. The molecule has 180 valence electrons. The zero-order chi connectivity index (χ0) is 24.6. The monoisotopic (exact) mass is 480 g/mol. The second-order valence-corrected chi connectivity index (χ2v) is 10.4. The molecule has 0 aliphatic rings. The minimum Gasteiger partial charge on any atom is -0.375 e. The van der Waals surface area contributed by atoms with Crippen molar-refractivity contribution in [2.75, 3.05) is 23.7 Å². The van der Waals surface area contributed by atoms with Crippen LogP contribution in [0.1, 0.15) is 46.8 Å². The molecule has 0 heterocycles. The Labute approximate surface area is 202 Å². The minimum absolute atomic E-state index is 0.184. The number of hydrogen-bond donors (Lipinski definition) is 1. The maximum absolute atomic E-state index is 12.6. The van der Waals surface area contributed by atoms with Crippen molar-refractivity contribution in [3.63, 3.8) is 0 Å². The predicted molar refractivity (Wildman–Crippen MR) is 136 cm³/mol. The topological polar surface area (TPSA) is 75.7 Å². The van der Waals surface area contributed by atoms with Gasteiger partial charge >= 0.3 is 0 Å². The maximum atomic E-state index is 12.6. The van der Waals surface area contributed by atoms with Crippen molar-refractivity contribution in [2.45, 2.75) is 32.9 Å². The van der Waals surface area contributed by atoms with E-state index in [1.807, 2.05) is 68.4 Å². The van der Waals surface area contributed by atoms with Gasteiger partial charge in [-0.15, -0.1) is 0 Å². The van der Waals surface area contributed by atoms with Gasteiger partial charge in [0.15, 0.2) is 0 Å². The number of rotatable bonds is 11. The molecule has 0 saturated carbocycles. The fourth-order valence-corrected chi connectivity index (χ4v) is 4.52. The quantitative estimate of drug-likeness (QED) is 0.403. The summed E-state index contributed by atoms with van der Waals surface area (Å²) in [5.74, 6) is -0.0109. The summed E-state index contributed by atoms with van der Waals surface area (Å²) in [7, 11) is -3.50. The van der Waals surface area contributed by atoms with Crippen molar-refractivity contribution in [2.24, 2.45) is 0 Å². The molecule has 0 fully saturated rings. The number of carbonyl (C=O) groups is 1. The van der Waals surface area contributed by atoms with Crippen molar-refractivity contribution in [3.8, 4) is 0 Å². The summed E-state index contributed by atoms with van der Waals surface area (Å²) >= 11 is 0. The summed E-state index contributed by atoms with van der Waals surface area (Å²) in [6.45, 7) is 5.59. The van der Waals surface area contributed by atoms with Gasteiger partial charge in [-0.05, 0) is 40.8 Å². The van der Waals surface area contributed by atoms with Crippen molar-refractivity contribution in [1.82, 2.24) is 5.32 Å². The van der Waals surface area contributed by atoms with Crippen LogP contribution in [0.3, 0.4) is 0 Å². The maximum Gasteiger partial charge on any atom is 0.251 e. The van der Waals surface area contributed by atoms with Gasteiger partial charge in [0.05, 0.1) is 31.7 Å². The molecule has 0 aromatic heterocycles. The summed E-state index contributed by atoms with van der Waals surface area (Å²) < 4.78 is 32.2. The fraction of sp³-hybridized carbons (Fsp3) is 0.296. The highest BCUT2D eigenvalue weighted by Gasteiger charge is 2.21. The summed E-state index contributed by atoms with van der Waals surface area (Å²) in [4.78, 5) is 12.4. The number of sulfonamides is 1. The number of amides is 1. The Kier molecular flexibility index (Phi) is 8.85. The average Bonchev–Trinajstić information content (AvgIpc) is 2.82. The van der Waals surface area contributed by atoms with E-state index in [1.54, 1.807) is 24.3 Å². The molecule has 0 saturated heterocycles. The van der Waals surface area contributed by atoms with Gasteiger partial charge in [-0.2, -0.15) is 0 Å². The second kappa shape index (κ2) is 11.8. The van der Waals surface area contributed by atoms with E-state index in [-0.39, 0.29) is 18.4 Å². The van der Waals surface area contributed by atoms with Gasteiger partial charge in [0.2, 0.25) is 10.0 Å². The molecule has 3 aromatic rings. The minimum atomic E-state index is -3.50. The molecule has 6 nitrogen and oxygen atoms in total. The van der Waals surface area contributed by atoms with Gasteiger partial charge in [0.1, 0.15) is 0 Å². The Morgan fingerprint density at radius 1 is 0.912 bits per heavy atom. The van der Waals surface area contributed by atoms with Crippen LogP contribution in [-0.4, -0.2) is 33.7 Å². The Morgan fingerprint density at radius 2 is 1.56 bits per heavy atom. The van der Waals surface area contributed by atoms with Crippen molar-refractivity contribution >= 4 is 21.6 Å². The van der Waals surface area contributed by atoms with E-state index in [1.165, 1.54) is 10.6 Å². The lowest BCUT2D eigenvalue weighted by Gasteiger charge is -2.26. The summed E-state index contributed by atoms with van der Waals surface area (Å²) in [6.07, 6.45) is 1.21. The highest BCUT2D eigenvalue weighted by molar-refractivity contribution is 7.92. The van der Waals surface area contributed by atoms with Crippen LogP contribution >= 0.6 is 0 Å². The molecule has 0 bridgehead atoms. The molecule has 1 amide bonds. The Balaban J connectivity index is 1.59. The van der Waals surface area contributed by atoms with Gasteiger partial charge in [-0.25, -0.2) is 8.42 Å². The van der Waals surface area contributed by atoms with Gasteiger partial charge in [-0.1, -0.05) is 74.5 Å². The van der Waals surface area contributed by atoms with Crippen LogP contribution in [0.15, 0.2) is 78.9 Å². The van der Waals surface area contributed by atoms with Crippen LogP contribution in [0.4, 0.5) is 5.69 Å². The number of hydrogen-bond acceptors (Lipinski definition) is 4. The van der Waals surface area contributed by atoms with Gasteiger partial charge < -0.3 is 10.1 Å². The molecule has 34 heavy (non-hydrogen) atoms. The molecule has 0 unspecified atom stereocenters. The van der Waals surface area contributed by atoms with E-state index < -0.39 is 10.0 Å². The molecule has 0 aliphatic heterocycles. The van der Waals surface area contributed by atoms with E-state index in [4.69, 9.17) is 4.74 Å². The first-order valence-corrected chi connectivity index (χ1v) is 13.2. The van der Waals surface area contributed by atoms with Crippen LogP contribution < -0.4 is 9.62 Å². The molecule has 0 radical (unpaired) electrons. The highest BCUT2D eigenvalue weighted by Crippen LogP contribution is 2.30. The van der Waals surface area contributed by atoms with E-state index in [9.17, 15) is 13.2 Å². The van der Waals surface area contributed by atoms with Gasteiger partial charge in [0, 0.05) is 12.1 Å². The third-order valence-electron chi connectivity index (χ3n) is 5.41. The molecule has 3 aromatic carbocycles. The number of carbonyl (C=O) groups excluding carboxylic acids is 1. The number of nitrogens with one attached hydrogen (secondary N) is 1. The van der Waals surface area contributed by atoms with Crippen LogP contribution in [-0.2, 0) is 27.9 Å². The Morgan fingerprint density at radius 3 is 2.21 bits per heavy atom. The zero-order valence-electron chi connectivity index (χ0n) is 19.9. The second-order valence-electron chi connectivity index (χ2n) is 8.47. The number of para-hydroxylation sites is 1. The van der Waals surface area contributed by atoms with Crippen molar-refractivity contribution in [1.29, 1.82) is 0 Å². The van der Waals surface area contributed by atoms with E-state index in [0.717, 1.165) is 16.7 Å². The van der Waals surface area contributed by atoms with Crippen LogP contribution in [0.5, 0.6) is 0 Å².